The minimum absolute atomic E-state index is 0.335. The summed E-state index contributed by atoms with van der Waals surface area (Å²) >= 11 is 0. The molecule has 4 aromatic rings. The van der Waals surface area contributed by atoms with Crippen LogP contribution in [0.3, 0.4) is 0 Å². The molecule has 2 aliphatic rings. The number of carboxylic acids is 2. The lowest BCUT2D eigenvalue weighted by molar-refractivity contribution is -0.193. The second kappa shape index (κ2) is 17.8. The van der Waals surface area contributed by atoms with E-state index >= 15 is 0 Å². The Kier molecular flexibility index (Phi) is 13.6. The molecule has 1 saturated heterocycles. The Morgan fingerprint density at radius 3 is 1.96 bits per heavy atom. The number of piperidine rings is 1. The molecule has 2 aromatic heterocycles. The van der Waals surface area contributed by atoms with Crippen LogP contribution >= 0.6 is 0 Å². The molecule has 4 N–H and O–H groups in total. The molecule has 1 aliphatic heterocycles. The van der Waals surface area contributed by atoms with Gasteiger partial charge < -0.3 is 25.7 Å². The van der Waals surface area contributed by atoms with Crippen LogP contribution < -0.4 is 15.5 Å². The molecule has 280 valence electrons. The van der Waals surface area contributed by atoms with Crippen LogP contribution in [0.2, 0.25) is 0 Å². The average molecular weight is 736 g/mol. The molecule has 2 aromatic carbocycles. The predicted molar refractivity (Wildman–Crippen MR) is 181 cm³/mol. The second-order valence-electron chi connectivity index (χ2n) is 12.2. The van der Waals surface area contributed by atoms with Crippen LogP contribution in [0.1, 0.15) is 44.2 Å². The summed E-state index contributed by atoms with van der Waals surface area (Å²) in [6.07, 6.45) is 0.962. The third-order valence-electron chi connectivity index (χ3n) is 8.36. The van der Waals surface area contributed by atoms with Crippen molar-refractivity contribution in [2.45, 2.75) is 75.9 Å². The highest BCUT2D eigenvalue weighted by Gasteiger charge is 2.39. The van der Waals surface area contributed by atoms with E-state index in [0.29, 0.717) is 18.1 Å². The zero-order valence-corrected chi connectivity index (χ0v) is 28.1. The van der Waals surface area contributed by atoms with E-state index in [9.17, 15) is 26.3 Å². The molecule has 0 amide bonds. The zero-order valence-electron chi connectivity index (χ0n) is 28.1. The van der Waals surface area contributed by atoms with Gasteiger partial charge in [0, 0.05) is 54.9 Å². The molecule has 0 unspecified atom stereocenters. The van der Waals surface area contributed by atoms with Crippen molar-refractivity contribution < 1.29 is 46.1 Å². The smallest absolute Gasteiger partial charge is 0.475 e. The third kappa shape index (κ3) is 12.0. The maximum atomic E-state index is 10.6. The van der Waals surface area contributed by atoms with Gasteiger partial charge >= 0.3 is 24.3 Å². The molecule has 1 aliphatic carbocycles. The van der Waals surface area contributed by atoms with Crippen molar-refractivity contribution in [2.24, 2.45) is 0 Å². The Morgan fingerprint density at radius 2 is 1.38 bits per heavy atom. The molecule has 52 heavy (non-hydrogen) atoms. The number of aliphatic carboxylic acids is 2. The largest absolute Gasteiger partial charge is 0.490 e. The molecular formula is C35H39F6N7O4. The summed E-state index contributed by atoms with van der Waals surface area (Å²) in [7, 11) is 0. The molecule has 11 nitrogen and oxygen atoms in total. The van der Waals surface area contributed by atoms with Crippen LogP contribution in [0, 0.1) is 6.92 Å². The summed E-state index contributed by atoms with van der Waals surface area (Å²) in [4.78, 5) is 29.7. The van der Waals surface area contributed by atoms with E-state index in [1.807, 2.05) is 54.3 Å². The number of hydrogen-bond acceptors (Lipinski definition) is 8. The molecule has 6 rings (SSSR count). The first kappa shape index (κ1) is 39.6. The molecule has 2 fully saturated rings. The Labute approximate surface area is 295 Å². The van der Waals surface area contributed by atoms with Gasteiger partial charge in [-0.15, -0.1) is 0 Å². The van der Waals surface area contributed by atoms with E-state index in [1.54, 1.807) is 0 Å². The highest BCUT2D eigenvalue weighted by Crippen LogP contribution is 2.26. The first-order valence-corrected chi connectivity index (χ1v) is 16.5. The molecule has 0 spiro atoms. The fourth-order valence-electron chi connectivity index (χ4n) is 5.89. The molecule has 0 radical (unpaired) electrons. The number of carboxylic acid groups (broad SMARTS) is 2. The molecule has 3 atom stereocenters. The van der Waals surface area contributed by atoms with Gasteiger partial charge in [-0.1, -0.05) is 43.2 Å². The minimum Gasteiger partial charge on any atom is -0.475 e. The summed E-state index contributed by atoms with van der Waals surface area (Å²) in [6, 6.07) is 24.4. The van der Waals surface area contributed by atoms with Gasteiger partial charge in [0.1, 0.15) is 0 Å². The monoisotopic (exact) mass is 735 g/mol. The quantitative estimate of drug-likeness (QED) is 0.148. The lowest BCUT2D eigenvalue weighted by atomic mass is 9.89. The van der Waals surface area contributed by atoms with Gasteiger partial charge in [-0.3, -0.25) is 0 Å². The maximum Gasteiger partial charge on any atom is 0.490 e. The number of anilines is 2. The Bertz CT molecular complexity index is 1710. The summed E-state index contributed by atoms with van der Waals surface area (Å²) in [5.41, 5.74) is 5.49. The highest BCUT2D eigenvalue weighted by molar-refractivity contribution is 5.73. The number of carbonyl (C=O) groups is 2. The van der Waals surface area contributed by atoms with Crippen LogP contribution in [-0.2, 0) is 9.59 Å². The number of nitrogens with one attached hydrogen (secondary N) is 2. The number of nitrogens with zero attached hydrogens (tertiary/aromatic N) is 5. The minimum atomic E-state index is -5.08. The summed E-state index contributed by atoms with van der Waals surface area (Å²) in [5, 5.41) is 26.5. The van der Waals surface area contributed by atoms with Gasteiger partial charge in [-0.05, 0) is 69.0 Å². The van der Waals surface area contributed by atoms with E-state index in [1.165, 1.54) is 37.8 Å². The number of aromatic nitrogens is 4. The molecule has 17 heteroatoms. The van der Waals surface area contributed by atoms with Crippen molar-refractivity contribution in [3.63, 3.8) is 0 Å². The van der Waals surface area contributed by atoms with Crippen molar-refractivity contribution in [3.05, 3.63) is 84.8 Å². The first-order chi connectivity index (χ1) is 24.6. The average Bonchev–Trinajstić information content (AvgIpc) is 3.56. The zero-order chi connectivity index (χ0) is 37.9. The maximum absolute atomic E-state index is 10.6. The van der Waals surface area contributed by atoms with Crippen molar-refractivity contribution in [3.8, 4) is 16.9 Å². The highest BCUT2D eigenvalue weighted by atomic mass is 19.4. The molecule has 0 bridgehead atoms. The molecule has 1 saturated carbocycles. The number of benzene rings is 2. The van der Waals surface area contributed by atoms with Crippen molar-refractivity contribution in [1.82, 2.24) is 25.1 Å². The van der Waals surface area contributed by atoms with Crippen LogP contribution in [-0.4, -0.2) is 85.5 Å². The Morgan fingerprint density at radius 1 is 0.788 bits per heavy atom. The molecular weight excluding hydrogens is 696 g/mol. The van der Waals surface area contributed by atoms with Gasteiger partial charge in [0.15, 0.2) is 0 Å². The number of alkyl halides is 6. The normalized spacial score (nSPS) is 19.0. The first-order valence-electron chi connectivity index (χ1n) is 16.5. The van der Waals surface area contributed by atoms with E-state index in [0.717, 1.165) is 48.1 Å². The van der Waals surface area contributed by atoms with Gasteiger partial charge in [0.2, 0.25) is 5.95 Å². The van der Waals surface area contributed by atoms with Crippen molar-refractivity contribution >= 4 is 23.6 Å². The number of aryl methyl sites for hydroxylation is 1. The number of rotatable bonds is 7. The van der Waals surface area contributed by atoms with E-state index in [-0.39, 0.29) is 0 Å². The number of hydrogen-bond donors (Lipinski definition) is 4. The Balaban J connectivity index is 0.000000367. The third-order valence-corrected chi connectivity index (χ3v) is 8.36. The van der Waals surface area contributed by atoms with Gasteiger partial charge in [-0.2, -0.15) is 31.4 Å². The second-order valence-corrected chi connectivity index (χ2v) is 12.2. The van der Waals surface area contributed by atoms with E-state index in [2.05, 4.69) is 62.0 Å². The predicted octanol–water partition coefficient (Wildman–Crippen LogP) is 6.89. The fourth-order valence-corrected chi connectivity index (χ4v) is 5.89. The van der Waals surface area contributed by atoms with E-state index in [4.69, 9.17) is 24.8 Å². The molecule has 3 heterocycles. The Hall–Kier alpha value is -5.19. The van der Waals surface area contributed by atoms with Crippen LogP contribution in [0.25, 0.3) is 16.9 Å². The topological polar surface area (TPSA) is 146 Å². The van der Waals surface area contributed by atoms with Gasteiger partial charge in [0.05, 0.1) is 17.1 Å². The van der Waals surface area contributed by atoms with Gasteiger partial charge in [-0.25, -0.2) is 24.2 Å². The standard InChI is InChI=1S/C31H37N7.2C2HF3O2/c1-23-18-21-38(36-23)27-15-13-26(14-16-27)37-20-7-10-25(22-37)33-29-11-5-6-12-30(29)35-31-32-19-17-28(34-31)24-8-3-2-4-9-24;2*3-2(4,5)1(6)7/h2-4,8-9,13-19,21,25,29-30,33H,5-7,10-12,20,22H2,1H3,(H,32,34,35);2*(H,6,7)/t25-,29+,30+;;/m0../s1. The SMILES string of the molecule is Cc1ccn(-c2ccc(N3CCC[C@H](N[C@@H]4CCCC[C@H]4Nc4nccc(-c5ccccc5)n4)C3)cc2)n1.O=C(O)C(F)(F)F.O=C(O)C(F)(F)F. The lowest BCUT2D eigenvalue weighted by Gasteiger charge is -2.40. The summed E-state index contributed by atoms with van der Waals surface area (Å²) < 4.78 is 65.4. The van der Waals surface area contributed by atoms with Crippen LogP contribution in [0.5, 0.6) is 0 Å². The van der Waals surface area contributed by atoms with Crippen molar-refractivity contribution in [1.29, 1.82) is 0 Å². The fraction of sp³-hybridized carbons (Fsp3) is 0.400. The van der Waals surface area contributed by atoms with E-state index < -0.39 is 24.3 Å². The lowest BCUT2D eigenvalue weighted by Crippen LogP contribution is -2.55. The number of halogens is 6. The van der Waals surface area contributed by atoms with Gasteiger partial charge in [0.25, 0.3) is 0 Å². The van der Waals surface area contributed by atoms with Crippen LogP contribution in [0.15, 0.2) is 79.1 Å². The van der Waals surface area contributed by atoms with Crippen molar-refractivity contribution in [2.75, 3.05) is 23.3 Å². The summed E-state index contributed by atoms with van der Waals surface area (Å²) in [6.45, 7) is 4.15. The van der Waals surface area contributed by atoms with Crippen LogP contribution in [0.4, 0.5) is 38.0 Å². The summed E-state index contributed by atoms with van der Waals surface area (Å²) in [5.74, 6) is -4.79.